The van der Waals surface area contributed by atoms with E-state index >= 15 is 0 Å². The molecule has 2 atom stereocenters. The highest BCUT2D eigenvalue weighted by atomic mass is 14.4. The van der Waals surface area contributed by atoms with E-state index < -0.39 is 0 Å². The van der Waals surface area contributed by atoms with Crippen molar-refractivity contribution in [2.75, 3.05) is 0 Å². The Hall–Kier alpha value is -2.00. The summed E-state index contributed by atoms with van der Waals surface area (Å²) in [5.41, 5.74) is 7.08. The van der Waals surface area contributed by atoms with E-state index in [-0.39, 0.29) is 11.3 Å². The Balaban J connectivity index is 2.13. The molecule has 0 heterocycles. The van der Waals surface area contributed by atoms with Crippen LogP contribution in [0, 0.1) is 25.7 Å². The van der Waals surface area contributed by atoms with Gasteiger partial charge >= 0.3 is 0 Å². The third-order valence-electron chi connectivity index (χ3n) is 5.16. The Kier molecular flexibility index (Phi) is 3.83. The summed E-state index contributed by atoms with van der Waals surface area (Å²) in [5.74, 6) is 6.98. The van der Waals surface area contributed by atoms with Gasteiger partial charge in [0.05, 0.1) is 5.92 Å². The first-order valence-electron chi connectivity index (χ1n) is 8.13. The first-order valence-corrected chi connectivity index (χ1v) is 8.13. The first-order chi connectivity index (χ1) is 10.5. The van der Waals surface area contributed by atoms with Gasteiger partial charge in [-0.05, 0) is 50.3 Å². The largest absolute Gasteiger partial charge is 0.106 e. The zero-order chi connectivity index (χ0) is 15.7. The minimum Gasteiger partial charge on any atom is -0.106 e. The lowest BCUT2D eigenvalue weighted by Gasteiger charge is -2.41. The molecule has 0 aliphatic heterocycles. The van der Waals surface area contributed by atoms with E-state index in [2.05, 4.69) is 75.1 Å². The molecule has 22 heavy (non-hydrogen) atoms. The predicted octanol–water partition coefficient (Wildman–Crippen LogP) is 5.31. The van der Waals surface area contributed by atoms with Crippen LogP contribution in [0.3, 0.4) is 0 Å². The van der Waals surface area contributed by atoms with Crippen molar-refractivity contribution < 1.29 is 0 Å². The van der Waals surface area contributed by atoms with Crippen LogP contribution in [0.5, 0.6) is 0 Å². The molecule has 0 aromatic heterocycles. The highest BCUT2D eigenvalue weighted by Gasteiger charge is 2.39. The van der Waals surface area contributed by atoms with Crippen molar-refractivity contribution in [1.82, 2.24) is 0 Å². The molecule has 2 aromatic rings. The van der Waals surface area contributed by atoms with E-state index in [0.29, 0.717) is 0 Å². The second kappa shape index (κ2) is 5.65. The number of hydrogen-bond acceptors (Lipinski definition) is 0. The summed E-state index contributed by atoms with van der Waals surface area (Å²) >= 11 is 0. The topological polar surface area (TPSA) is 0 Å². The van der Waals surface area contributed by atoms with Crippen LogP contribution >= 0.6 is 0 Å². The van der Waals surface area contributed by atoms with E-state index in [9.17, 15) is 0 Å². The molecule has 0 saturated heterocycles. The van der Waals surface area contributed by atoms with Gasteiger partial charge in [0.1, 0.15) is 0 Å². The average Bonchev–Trinajstić information content (AvgIpc) is 2.51. The number of benzene rings is 2. The molecule has 1 aliphatic rings. The first kappa shape index (κ1) is 14.9. The molecule has 1 aliphatic carbocycles. The summed E-state index contributed by atoms with van der Waals surface area (Å²) in [6.45, 7) is 8.66. The smallest absolute Gasteiger partial charge is 0.0548 e. The SMILES string of the molecule is CC#CC1c2ccc(C)cc2CCC1(C)c1ccc(C)cc1. The zero-order valence-electron chi connectivity index (χ0n) is 14.0. The molecule has 0 bridgehead atoms. The number of rotatable bonds is 1. The van der Waals surface area contributed by atoms with Crippen LogP contribution in [0.25, 0.3) is 0 Å². The Labute approximate surface area is 134 Å². The number of aryl methyl sites for hydroxylation is 3. The molecule has 0 radical (unpaired) electrons. The Morgan fingerprint density at radius 2 is 1.68 bits per heavy atom. The molecule has 0 fully saturated rings. The van der Waals surface area contributed by atoms with Gasteiger partial charge in [0.2, 0.25) is 0 Å². The Morgan fingerprint density at radius 1 is 1.00 bits per heavy atom. The summed E-state index contributed by atoms with van der Waals surface area (Å²) in [7, 11) is 0. The van der Waals surface area contributed by atoms with Gasteiger partial charge in [0.15, 0.2) is 0 Å². The fourth-order valence-electron chi connectivity index (χ4n) is 3.74. The average molecular weight is 288 g/mol. The quantitative estimate of drug-likeness (QED) is 0.623. The van der Waals surface area contributed by atoms with Crippen molar-refractivity contribution in [2.24, 2.45) is 0 Å². The third-order valence-corrected chi connectivity index (χ3v) is 5.16. The Morgan fingerprint density at radius 3 is 2.36 bits per heavy atom. The maximum Gasteiger partial charge on any atom is 0.0548 e. The molecule has 0 nitrogen and oxygen atoms in total. The zero-order valence-corrected chi connectivity index (χ0v) is 14.0. The van der Waals surface area contributed by atoms with E-state index in [0.717, 1.165) is 12.8 Å². The molecule has 112 valence electrons. The van der Waals surface area contributed by atoms with Crippen LogP contribution in [0.1, 0.15) is 54.0 Å². The molecule has 3 rings (SSSR count). The highest BCUT2D eigenvalue weighted by molar-refractivity contribution is 5.47. The maximum absolute atomic E-state index is 3.51. The molecular weight excluding hydrogens is 264 g/mol. The molecule has 0 saturated carbocycles. The summed E-state index contributed by atoms with van der Waals surface area (Å²) < 4.78 is 0. The lowest BCUT2D eigenvalue weighted by atomic mass is 9.62. The van der Waals surface area contributed by atoms with E-state index in [4.69, 9.17) is 0 Å². The molecular formula is C22H24. The summed E-state index contributed by atoms with van der Waals surface area (Å²) in [6, 6.07) is 15.9. The standard InChI is InChI=1S/C22H24/c1-5-6-21-20-12-9-17(3)15-18(20)13-14-22(21,4)19-10-7-16(2)8-11-19/h7-12,15,21H,13-14H2,1-4H3. The van der Waals surface area contributed by atoms with Crippen LogP contribution < -0.4 is 0 Å². The number of hydrogen-bond donors (Lipinski definition) is 0. The molecule has 0 N–H and O–H groups in total. The van der Waals surface area contributed by atoms with Crippen molar-refractivity contribution in [3.05, 3.63) is 70.3 Å². The summed E-state index contributed by atoms with van der Waals surface area (Å²) in [5, 5.41) is 0. The summed E-state index contributed by atoms with van der Waals surface area (Å²) in [4.78, 5) is 0. The van der Waals surface area contributed by atoms with Gasteiger partial charge in [0.25, 0.3) is 0 Å². The van der Waals surface area contributed by atoms with Crippen molar-refractivity contribution in [2.45, 2.75) is 51.9 Å². The van der Waals surface area contributed by atoms with Gasteiger partial charge in [-0.3, -0.25) is 0 Å². The maximum atomic E-state index is 3.51. The van der Waals surface area contributed by atoms with Crippen LogP contribution in [0.2, 0.25) is 0 Å². The molecule has 0 heteroatoms. The Bertz CT molecular complexity index is 740. The monoisotopic (exact) mass is 288 g/mol. The highest BCUT2D eigenvalue weighted by Crippen LogP contribution is 2.47. The summed E-state index contributed by atoms with van der Waals surface area (Å²) in [6.07, 6.45) is 2.30. The van der Waals surface area contributed by atoms with E-state index in [1.165, 1.54) is 27.8 Å². The van der Waals surface area contributed by atoms with E-state index in [1.54, 1.807) is 0 Å². The van der Waals surface area contributed by atoms with Gasteiger partial charge in [-0.2, -0.15) is 0 Å². The fraction of sp³-hybridized carbons (Fsp3) is 0.364. The van der Waals surface area contributed by atoms with Gasteiger partial charge in [-0.1, -0.05) is 66.4 Å². The van der Waals surface area contributed by atoms with Crippen LogP contribution in [-0.4, -0.2) is 0 Å². The van der Waals surface area contributed by atoms with E-state index in [1.807, 2.05) is 6.92 Å². The molecule has 2 unspecified atom stereocenters. The van der Waals surface area contributed by atoms with Crippen molar-refractivity contribution >= 4 is 0 Å². The van der Waals surface area contributed by atoms with Gasteiger partial charge < -0.3 is 0 Å². The normalized spacial score (nSPS) is 23.4. The van der Waals surface area contributed by atoms with Gasteiger partial charge in [-0.25, -0.2) is 0 Å². The van der Waals surface area contributed by atoms with Crippen LogP contribution in [0.4, 0.5) is 0 Å². The minimum atomic E-state index is 0.0962. The second-order valence-corrected chi connectivity index (χ2v) is 6.81. The van der Waals surface area contributed by atoms with Gasteiger partial charge in [0, 0.05) is 5.41 Å². The minimum absolute atomic E-state index is 0.0962. The van der Waals surface area contributed by atoms with Crippen molar-refractivity contribution in [1.29, 1.82) is 0 Å². The fourth-order valence-corrected chi connectivity index (χ4v) is 3.74. The predicted molar refractivity (Wildman–Crippen MR) is 94.2 cm³/mol. The second-order valence-electron chi connectivity index (χ2n) is 6.81. The molecule has 2 aromatic carbocycles. The lowest BCUT2D eigenvalue weighted by molar-refractivity contribution is 0.376. The number of fused-ring (bicyclic) bond motifs is 1. The van der Waals surface area contributed by atoms with Crippen molar-refractivity contribution in [3.8, 4) is 11.8 Å². The third kappa shape index (κ3) is 2.46. The molecule has 0 spiro atoms. The lowest BCUT2D eigenvalue weighted by Crippen LogP contribution is -2.34. The van der Waals surface area contributed by atoms with Gasteiger partial charge in [-0.15, -0.1) is 5.92 Å². The van der Waals surface area contributed by atoms with Crippen molar-refractivity contribution in [3.63, 3.8) is 0 Å². The van der Waals surface area contributed by atoms with Crippen LogP contribution in [0.15, 0.2) is 42.5 Å². The molecule has 0 amide bonds. The van der Waals surface area contributed by atoms with Crippen LogP contribution in [-0.2, 0) is 11.8 Å².